The Kier molecular flexibility index (Phi) is 4.41. The van der Waals surface area contributed by atoms with Crippen LogP contribution in [0.4, 0.5) is 0 Å². The summed E-state index contributed by atoms with van der Waals surface area (Å²) < 4.78 is 0. The molecule has 0 saturated carbocycles. The van der Waals surface area contributed by atoms with Crippen molar-refractivity contribution < 1.29 is 5.11 Å². The Morgan fingerprint density at radius 1 is 1.30 bits per heavy atom. The van der Waals surface area contributed by atoms with E-state index in [-0.39, 0.29) is 5.88 Å². The van der Waals surface area contributed by atoms with E-state index < -0.39 is 5.60 Å². The summed E-state index contributed by atoms with van der Waals surface area (Å²) in [5, 5.41) is 9.55. The molecule has 1 nitrogen and oxygen atoms in total. The fourth-order valence-corrected chi connectivity index (χ4v) is 0.948. The largest absolute Gasteiger partial charge is 0.388 e. The average molecular weight is 161 g/mol. The summed E-state index contributed by atoms with van der Waals surface area (Å²) >= 11 is 5.52. The predicted octanol–water partition coefficient (Wildman–Crippen LogP) is 2.11. The molecule has 58 valence electrons. The molecule has 0 aromatic heterocycles. The summed E-state index contributed by atoms with van der Waals surface area (Å²) in [6, 6.07) is 0. The third kappa shape index (κ3) is 3.04. The number of aliphatic hydroxyl groups is 1. The van der Waals surface area contributed by atoms with Gasteiger partial charge >= 0.3 is 0 Å². The van der Waals surface area contributed by atoms with Gasteiger partial charge in [-0.2, -0.15) is 0 Å². The maximum absolute atomic E-state index is 9.55. The minimum Gasteiger partial charge on any atom is -0.388 e. The van der Waals surface area contributed by atoms with Crippen molar-refractivity contribution in [2.24, 2.45) is 0 Å². The minimum atomic E-state index is -0.828. The van der Waals surface area contributed by atoms with Crippen LogP contribution in [0.1, 0.15) is 12.8 Å². The molecule has 10 heavy (non-hydrogen) atoms. The molecule has 0 heterocycles. The number of halogens is 1. The van der Waals surface area contributed by atoms with Gasteiger partial charge in [-0.15, -0.1) is 24.8 Å². The second-order valence-electron chi connectivity index (χ2n) is 2.34. The van der Waals surface area contributed by atoms with Gasteiger partial charge in [0.1, 0.15) is 0 Å². The van der Waals surface area contributed by atoms with Crippen LogP contribution in [0.5, 0.6) is 0 Å². The first-order chi connectivity index (χ1) is 4.68. The molecule has 0 rings (SSSR count). The van der Waals surface area contributed by atoms with E-state index in [1.165, 1.54) is 0 Å². The predicted molar refractivity (Wildman–Crippen MR) is 45.3 cm³/mol. The summed E-state index contributed by atoms with van der Waals surface area (Å²) in [7, 11) is 0. The topological polar surface area (TPSA) is 20.2 Å². The standard InChI is InChI=1S/C8H13ClO/c1-3-5-8(10,7-9)6-4-2/h3-4,10H,1-2,5-7H2. The lowest BCUT2D eigenvalue weighted by atomic mass is 9.98. The van der Waals surface area contributed by atoms with Crippen LogP contribution >= 0.6 is 11.6 Å². The highest BCUT2D eigenvalue weighted by Gasteiger charge is 2.21. The summed E-state index contributed by atoms with van der Waals surface area (Å²) in [4.78, 5) is 0. The second kappa shape index (κ2) is 4.53. The van der Waals surface area contributed by atoms with Crippen molar-refractivity contribution in [2.75, 3.05) is 5.88 Å². The first-order valence-electron chi connectivity index (χ1n) is 3.18. The summed E-state index contributed by atoms with van der Waals surface area (Å²) in [5.41, 5.74) is -0.828. The average Bonchev–Trinajstić information content (AvgIpc) is 1.89. The lowest BCUT2D eigenvalue weighted by Gasteiger charge is -2.21. The van der Waals surface area contributed by atoms with Crippen LogP contribution in [0.2, 0.25) is 0 Å². The number of alkyl halides is 1. The van der Waals surface area contributed by atoms with Gasteiger partial charge in [0, 0.05) is 0 Å². The molecule has 0 aromatic rings. The first-order valence-corrected chi connectivity index (χ1v) is 3.72. The number of hydrogen-bond acceptors (Lipinski definition) is 1. The Morgan fingerprint density at radius 2 is 1.70 bits per heavy atom. The summed E-state index contributed by atoms with van der Waals surface area (Å²) in [5.74, 6) is 0.227. The van der Waals surface area contributed by atoms with Crippen LogP contribution in [0.15, 0.2) is 25.3 Å². The van der Waals surface area contributed by atoms with Crippen molar-refractivity contribution in [1.82, 2.24) is 0 Å². The Hall–Kier alpha value is -0.270. The van der Waals surface area contributed by atoms with Crippen molar-refractivity contribution in [3.05, 3.63) is 25.3 Å². The van der Waals surface area contributed by atoms with E-state index in [9.17, 15) is 5.11 Å². The van der Waals surface area contributed by atoms with Gasteiger partial charge in [-0.1, -0.05) is 12.2 Å². The normalized spacial score (nSPS) is 11.0. The smallest absolute Gasteiger partial charge is 0.0850 e. The molecule has 0 bridgehead atoms. The Morgan fingerprint density at radius 3 is 1.90 bits per heavy atom. The number of hydrogen-bond donors (Lipinski definition) is 1. The lowest BCUT2D eigenvalue weighted by molar-refractivity contribution is 0.0703. The summed E-state index contributed by atoms with van der Waals surface area (Å²) in [6.07, 6.45) is 4.35. The van der Waals surface area contributed by atoms with Crippen LogP contribution in [0.25, 0.3) is 0 Å². The van der Waals surface area contributed by atoms with Crippen LogP contribution in [-0.2, 0) is 0 Å². The summed E-state index contributed by atoms with van der Waals surface area (Å²) in [6.45, 7) is 7.05. The fourth-order valence-electron chi connectivity index (χ4n) is 0.730. The molecule has 0 fully saturated rings. The van der Waals surface area contributed by atoms with Gasteiger partial charge in [0.2, 0.25) is 0 Å². The molecule has 0 radical (unpaired) electrons. The molecule has 0 atom stereocenters. The fraction of sp³-hybridized carbons (Fsp3) is 0.500. The molecule has 0 aromatic carbocycles. The van der Waals surface area contributed by atoms with E-state index in [0.29, 0.717) is 12.8 Å². The molecular weight excluding hydrogens is 148 g/mol. The molecule has 0 aliphatic carbocycles. The zero-order valence-electron chi connectivity index (χ0n) is 6.02. The van der Waals surface area contributed by atoms with Crippen LogP contribution in [-0.4, -0.2) is 16.6 Å². The van der Waals surface area contributed by atoms with Gasteiger partial charge in [0.15, 0.2) is 0 Å². The Labute approximate surface area is 67.0 Å². The molecule has 1 N–H and O–H groups in total. The van der Waals surface area contributed by atoms with Crippen molar-refractivity contribution in [3.63, 3.8) is 0 Å². The molecule has 0 aliphatic heterocycles. The molecule has 0 unspecified atom stereocenters. The van der Waals surface area contributed by atoms with E-state index in [1.807, 2.05) is 0 Å². The Bertz CT molecular complexity index is 110. The highest BCUT2D eigenvalue weighted by molar-refractivity contribution is 6.18. The van der Waals surface area contributed by atoms with Gasteiger partial charge in [-0.3, -0.25) is 0 Å². The van der Waals surface area contributed by atoms with E-state index >= 15 is 0 Å². The van der Waals surface area contributed by atoms with Crippen molar-refractivity contribution >= 4 is 11.6 Å². The first kappa shape index (κ1) is 9.73. The van der Waals surface area contributed by atoms with Gasteiger partial charge in [-0.05, 0) is 12.8 Å². The monoisotopic (exact) mass is 160 g/mol. The second-order valence-corrected chi connectivity index (χ2v) is 2.61. The van der Waals surface area contributed by atoms with Crippen molar-refractivity contribution in [1.29, 1.82) is 0 Å². The zero-order valence-corrected chi connectivity index (χ0v) is 6.77. The molecule has 0 amide bonds. The lowest BCUT2D eigenvalue weighted by Crippen LogP contribution is -2.29. The van der Waals surface area contributed by atoms with E-state index in [0.717, 1.165) is 0 Å². The highest BCUT2D eigenvalue weighted by atomic mass is 35.5. The Balaban J connectivity index is 3.92. The van der Waals surface area contributed by atoms with Crippen molar-refractivity contribution in [2.45, 2.75) is 18.4 Å². The molecular formula is C8H13ClO. The third-order valence-electron chi connectivity index (χ3n) is 1.30. The van der Waals surface area contributed by atoms with E-state index in [4.69, 9.17) is 11.6 Å². The number of rotatable bonds is 5. The van der Waals surface area contributed by atoms with Crippen LogP contribution in [0, 0.1) is 0 Å². The molecule has 0 aliphatic rings. The maximum atomic E-state index is 9.55. The highest BCUT2D eigenvalue weighted by Crippen LogP contribution is 2.17. The van der Waals surface area contributed by atoms with Crippen LogP contribution in [0.3, 0.4) is 0 Å². The van der Waals surface area contributed by atoms with Gasteiger partial charge in [0.25, 0.3) is 0 Å². The van der Waals surface area contributed by atoms with Gasteiger partial charge in [-0.25, -0.2) is 0 Å². The molecule has 2 heteroatoms. The third-order valence-corrected chi connectivity index (χ3v) is 1.79. The van der Waals surface area contributed by atoms with E-state index in [2.05, 4.69) is 13.2 Å². The molecule has 0 spiro atoms. The zero-order chi connectivity index (χ0) is 8.04. The van der Waals surface area contributed by atoms with E-state index in [1.54, 1.807) is 12.2 Å². The molecule has 0 saturated heterocycles. The quantitative estimate of drug-likeness (QED) is 0.483. The van der Waals surface area contributed by atoms with Crippen LogP contribution < -0.4 is 0 Å². The minimum absolute atomic E-state index is 0.227. The van der Waals surface area contributed by atoms with Crippen molar-refractivity contribution in [3.8, 4) is 0 Å². The SMILES string of the molecule is C=CCC(O)(CCl)CC=C. The van der Waals surface area contributed by atoms with Gasteiger partial charge in [0.05, 0.1) is 11.5 Å². The maximum Gasteiger partial charge on any atom is 0.0850 e. The van der Waals surface area contributed by atoms with Gasteiger partial charge < -0.3 is 5.11 Å².